The van der Waals surface area contributed by atoms with Gasteiger partial charge in [-0.15, -0.1) is 0 Å². The zero-order valence-electron chi connectivity index (χ0n) is 17.0. The molecule has 2 rings (SSSR count). The Labute approximate surface area is 193 Å². The van der Waals surface area contributed by atoms with Crippen LogP contribution in [0.15, 0.2) is 12.1 Å². The first-order chi connectivity index (χ1) is 15.2. The number of carbonyl (C=O) groups is 5. The van der Waals surface area contributed by atoms with Gasteiger partial charge in [-0.05, 0) is 12.1 Å². The minimum Gasteiger partial charge on any atom is -0.494 e. The number of piperazine rings is 1. The molecule has 1 saturated heterocycles. The maximum absolute atomic E-state index is 12.7. The second-order valence-corrected chi connectivity index (χ2v) is 7.63. The number of carboxylic acids is 1. The molecular weight excluding hydrogens is 467 g/mol. The minimum atomic E-state index is -1.25. The summed E-state index contributed by atoms with van der Waals surface area (Å²) in [7, 11) is 1.38. The number of ether oxygens (including phenoxy) is 1. The molecule has 0 saturated carbocycles. The van der Waals surface area contributed by atoms with Gasteiger partial charge in [0, 0.05) is 25.2 Å². The van der Waals surface area contributed by atoms with Crippen molar-refractivity contribution in [2.45, 2.75) is 18.5 Å². The van der Waals surface area contributed by atoms with Crippen molar-refractivity contribution in [1.82, 2.24) is 20.9 Å². The van der Waals surface area contributed by atoms with Gasteiger partial charge in [0.2, 0.25) is 11.8 Å². The van der Waals surface area contributed by atoms with E-state index in [0.717, 1.165) is 0 Å². The summed E-state index contributed by atoms with van der Waals surface area (Å²) in [4.78, 5) is 60.7. The van der Waals surface area contributed by atoms with E-state index in [-0.39, 0.29) is 34.4 Å². The summed E-state index contributed by atoms with van der Waals surface area (Å²) in [6.07, 6.45) is -0.258. The van der Waals surface area contributed by atoms with E-state index in [9.17, 15) is 24.0 Å². The summed E-state index contributed by atoms with van der Waals surface area (Å²) in [5, 5.41) is 16.8. The molecule has 174 valence electrons. The summed E-state index contributed by atoms with van der Waals surface area (Å²) < 4.78 is 5.02. The summed E-state index contributed by atoms with van der Waals surface area (Å²) >= 11 is 12.0. The minimum absolute atomic E-state index is 0.105. The molecule has 0 spiro atoms. The lowest BCUT2D eigenvalue weighted by Crippen LogP contribution is -2.62. The molecule has 0 unspecified atom stereocenters. The average Bonchev–Trinajstić information content (AvgIpc) is 2.76. The van der Waals surface area contributed by atoms with Crippen molar-refractivity contribution in [3.8, 4) is 5.75 Å². The number of aldehydes is 1. The fraction of sp³-hybridized carbons (Fsp3) is 0.421. The number of hydrogen-bond acceptors (Lipinski definition) is 7. The lowest BCUT2D eigenvalue weighted by molar-refractivity contribution is -0.142. The highest BCUT2D eigenvalue weighted by atomic mass is 35.5. The first-order valence-electron chi connectivity index (χ1n) is 9.46. The predicted octanol–water partition coefficient (Wildman–Crippen LogP) is -0.309. The smallest absolute Gasteiger partial charge is 0.305 e. The zero-order valence-corrected chi connectivity index (χ0v) is 18.5. The molecule has 1 aliphatic rings. The number of methoxy groups -OCH3 is 1. The topological polar surface area (TPSA) is 154 Å². The third-order valence-corrected chi connectivity index (χ3v) is 5.18. The molecule has 32 heavy (non-hydrogen) atoms. The van der Waals surface area contributed by atoms with E-state index in [4.69, 9.17) is 33.0 Å². The van der Waals surface area contributed by atoms with Crippen LogP contribution < -0.4 is 20.7 Å². The van der Waals surface area contributed by atoms with Gasteiger partial charge in [-0.1, -0.05) is 23.2 Å². The lowest BCUT2D eigenvalue weighted by atomic mass is 10.1. The van der Waals surface area contributed by atoms with Crippen molar-refractivity contribution in [3.63, 3.8) is 0 Å². The molecule has 11 nitrogen and oxygen atoms in total. The van der Waals surface area contributed by atoms with Gasteiger partial charge in [-0.3, -0.25) is 19.2 Å². The van der Waals surface area contributed by atoms with Gasteiger partial charge in [0.05, 0.1) is 36.2 Å². The van der Waals surface area contributed by atoms with E-state index in [1.54, 1.807) is 0 Å². The Bertz CT molecular complexity index is 889. The second kappa shape index (κ2) is 11.7. The van der Waals surface area contributed by atoms with Gasteiger partial charge in [0.15, 0.2) is 5.75 Å². The van der Waals surface area contributed by atoms with E-state index >= 15 is 0 Å². The fourth-order valence-corrected chi connectivity index (χ4v) is 3.72. The van der Waals surface area contributed by atoms with E-state index in [1.807, 2.05) is 0 Å². The molecule has 0 radical (unpaired) electrons. The number of rotatable bonds is 9. The SMILES string of the molecule is COc1c(Cl)cc(C(=O)NCC(=O)N2CCNC[C@H]2C(=O)N[C@H](C=O)CC(=O)O)cc1Cl. The first kappa shape index (κ1) is 25.4. The number of hydrogen-bond donors (Lipinski definition) is 4. The van der Waals surface area contributed by atoms with Gasteiger partial charge in [-0.2, -0.15) is 0 Å². The van der Waals surface area contributed by atoms with Crippen molar-refractivity contribution in [2.24, 2.45) is 0 Å². The highest BCUT2D eigenvalue weighted by Gasteiger charge is 2.33. The Morgan fingerprint density at radius 3 is 2.53 bits per heavy atom. The predicted molar refractivity (Wildman–Crippen MR) is 114 cm³/mol. The number of benzene rings is 1. The first-order valence-corrected chi connectivity index (χ1v) is 10.2. The average molecular weight is 489 g/mol. The molecule has 2 atom stereocenters. The van der Waals surface area contributed by atoms with Crippen molar-refractivity contribution in [3.05, 3.63) is 27.7 Å². The lowest BCUT2D eigenvalue weighted by Gasteiger charge is -2.35. The highest BCUT2D eigenvalue weighted by molar-refractivity contribution is 6.37. The fourth-order valence-electron chi connectivity index (χ4n) is 3.08. The van der Waals surface area contributed by atoms with Gasteiger partial charge in [-0.25, -0.2) is 0 Å². The third kappa shape index (κ3) is 6.55. The molecule has 1 aromatic carbocycles. The molecule has 1 aromatic rings. The standard InChI is InChI=1S/C19H22Cl2N4O7/c1-32-17-12(20)4-10(5-13(17)21)18(30)23-8-15(27)25-3-2-22-7-14(25)19(31)24-11(9-26)6-16(28)29/h4-5,9,11,14,22H,2-3,6-8H2,1H3,(H,23,30)(H,24,31)(H,28,29)/t11-,14-/m0/s1. The second-order valence-electron chi connectivity index (χ2n) is 6.81. The number of carbonyl (C=O) groups excluding carboxylic acids is 4. The summed E-state index contributed by atoms with van der Waals surface area (Å²) in [5.41, 5.74) is 0.116. The molecule has 3 amide bonds. The molecule has 0 aliphatic carbocycles. The van der Waals surface area contributed by atoms with Crippen LogP contribution >= 0.6 is 23.2 Å². The molecule has 1 heterocycles. The Balaban J connectivity index is 2.02. The van der Waals surface area contributed by atoms with Crippen molar-refractivity contribution in [1.29, 1.82) is 0 Å². The van der Waals surface area contributed by atoms with Crippen LogP contribution in [0, 0.1) is 0 Å². The molecule has 0 aromatic heterocycles. The molecule has 0 bridgehead atoms. The number of halogens is 2. The van der Waals surface area contributed by atoms with Crippen LogP contribution in [-0.2, 0) is 19.2 Å². The van der Waals surface area contributed by atoms with Crippen LogP contribution in [0.5, 0.6) is 5.75 Å². The molecule has 1 fully saturated rings. The number of amides is 3. The number of aliphatic carboxylic acids is 1. The third-order valence-electron chi connectivity index (χ3n) is 4.62. The Kier molecular flexibility index (Phi) is 9.24. The van der Waals surface area contributed by atoms with Crippen LogP contribution in [-0.4, -0.2) is 85.4 Å². The Morgan fingerprint density at radius 1 is 1.31 bits per heavy atom. The van der Waals surface area contributed by atoms with Crippen molar-refractivity contribution in [2.75, 3.05) is 33.3 Å². The number of nitrogens with one attached hydrogen (secondary N) is 3. The van der Waals surface area contributed by atoms with Crippen LogP contribution in [0.1, 0.15) is 16.8 Å². The van der Waals surface area contributed by atoms with Gasteiger partial charge >= 0.3 is 5.97 Å². The van der Waals surface area contributed by atoms with Crippen LogP contribution in [0.2, 0.25) is 10.0 Å². The monoisotopic (exact) mass is 488 g/mol. The summed E-state index contributed by atoms with van der Waals surface area (Å²) in [5.74, 6) is -2.86. The van der Waals surface area contributed by atoms with E-state index in [1.165, 1.54) is 24.1 Å². The number of carboxylic acid groups (broad SMARTS) is 1. The quantitative estimate of drug-likeness (QED) is 0.345. The number of nitrogens with zero attached hydrogens (tertiary/aromatic N) is 1. The zero-order chi connectivity index (χ0) is 23.8. The van der Waals surface area contributed by atoms with Gasteiger partial charge in [0.25, 0.3) is 5.91 Å². The van der Waals surface area contributed by atoms with Crippen LogP contribution in [0.4, 0.5) is 0 Å². The molecule has 13 heteroatoms. The normalized spacial score (nSPS) is 16.6. The van der Waals surface area contributed by atoms with Gasteiger partial charge < -0.3 is 35.5 Å². The maximum Gasteiger partial charge on any atom is 0.305 e. The Morgan fingerprint density at radius 2 is 1.97 bits per heavy atom. The van der Waals surface area contributed by atoms with Crippen LogP contribution in [0.3, 0.4) is 0 Å². The Hall–Kier alpha value is -2.89. The van der Waals surface area contributed by atoms with Crippen molar-refractivity contribution >= 4 is 53.2 Å². The summed E-state index contributed by atoms with van der Waals surface area (Å²) in [6, 6.07) is 0.488. The largest absolute Gasteiger partial charge is 0.494 e. The van der Waals surface area contributed by atoms with Gasteiger partial charge in [0.1, 0.15) is 12.3 Å². The van der Waals surface area contributed by atoms with E-state index in [2.05, 4.69) is 16.0 Å². The molecule has 4 N–H and O–H groups in total. The summed E-state index contributed by atoms with van der Waals surface area (Å²) in [6.45, 7) is 0.293. The highest BCUT2D eigenvalue weighted by Crippen LogP contribution is 2.33. The van der Waals surface area contributed by atoms with Crippen molar-refractivity contribution < 1.29 is 33.8 Å². The molecule has 1 aliphatic heterocycles. The van der Waals surface area contributed by atoms with Crippen LogP contribution in [0.25, 0.3) is 0 Å². The van der Waals surface area contributed by atoms with E-state index in [0.29, 0.717) is 12.8 Å². The molecular formula is C19H22Cl2N4O7. The van der Waals surface area contributed by atoms with E-state index < -0.39 is 48.7 Å². The maximum atomic E-state index is 12.7.